The lowest BCUT2D eigenvalue weighted by atomic mass is 9.71. The van der Waals surface area contributed by atoms with E-state index in [9.17, 15) is 24.6 Å². The van der Waals surface area contributed by atoms with Crippen LogP contribution < -0.4 is 0 Å². The van der Waals surface area contributed by atoms with Crippen LogP contribution in [-0.4, -0.2) is 146 Å². The minimum Gasteiger partial charge on any atom is -0.458 e. The number of ketones is 1. The van der Waals surface area contributed by atoms with Gasteiger partial charge in [-0.25, -0.2) is 14.8 Å². The zero-order valence-corrected chi connectivity index (χ0v) is 37.3. The lowest BCUT2D eigenvalue weighted by molar-refractivity contribution is -0.293. The van der Waals surface area contributed by atoms with Crippen molar-refractivity contribution in [2.24, 2.45) is 23.7 Å². The first-order chi connectivity index (χ1) is 28.4. The van der Waals surface area contributed by atoms with Gasteiger partial charge in [0, 0.05) is 42.2 Å². The van der Waals surface area contributed by atoms with Crippen LogP contribution in [0.2, 0.25) is 0 Å². The number of rotatable bonds is 9. The Balaban J connectivity index is 1.27. The summed E-state index contributed by atoms with van der Waals surface area (Å²) in [6.45, 7) is 15.9. The molecule has 60 heavy (non-hydrogen) atoms. The number of hydrogen-bond acceptors (Lipinski definition) is 13. The minimum atomic E-state index is -1.62. The van der Waals surface area contributed by atoms with E-state index in [1.54, 1.807) is 18.9 Å². The number of benzene rings is 1. The average Bonchev–Trinajstić information content (AvgIpc) is 4.02. The molecule has 5 fully saturated rings. The highest BCUT2D eigenvalue weighted by molar-refractivity contribution is 6.00. The van der Waals surface area contributed by atoms with Crippen LogP contribution in [-0.2, 0) is 35.0 Å². The summed E-state index contributed by atoms with van der Waals surface area (Å²) in [5, 5.41) is 29.4. The molecule has 0 spiro atoms. The van der Waals surface area contributed by atoms with Crippen molar-refractivity contribution in [1.82, 2.24) is 24.8 Å². The summed E-state index contributed by atoms with van der Waals surface area (Å²) in [4.78, 5) is 52.0. The van der Waals surface area contributed by atoms with Crippen LogP contribution in [0.5, 0.6) is 0 Å². The van der Waals surface area contributed by atoms with Gasteiger partial charge in [-0.3, -0.25) is 19.5 Å². The second kappa shape index (κ2) is 17.5. The van der Waals surface area contributed by atoms with Crippen LogP contribution in [0.4, 0.5) is 4.79 Å². The van der Waals surface area contributed by atoms with Crippen molar-refractivity contribution in [2.75, 3.05) is 27.3 Å². The lowest BCUT2D eigenvalue weighted by Gasteiger charge is -2.48. The summed E-state index contributed by atoms with van der Waals surface area (Å²) in [5.74, 6) is -3.77. The minimum absolute atomic E-state index is 0.157. The van der Waals surface area contributed by atoms with Crippen LogP contribution in [0, 0.1) is 23.7 Å². The molecule has 5 heterocycles. The number of carbonyl (C=O) groups excluding carboxylic acids is 3. The number of carbonyl (C=O) groups is 3. The molecule has 332 valence electrons. The quantitative estimate of drug-likeness (QED) is 0.253. The third kappa shape index (κ3) is 8.46. The van der Waals surface area contributed by atoms with E-state index in [1.165, 1.54) is 12.5 Å². The van der Waals surface area contributed by atoms with E-state index in [1.807, 2.05) is 64.2 Å². The number of pyridine rings is 1. The number of aliphatic hydroxyl groups is 2. The van der Waals surface area contributed by atoms with Gasteiger partial charge >= 0.3 is 12.1 Å². The van der Waals surface area contributed by atoms with Gasteiger partial charge in [0.05, 0.1) is 36.0 Å². The number of para-hydroxylation sites is 1. The molecule has 1 amide bonds. The van der Waals surface area contributed by atoms with Gasteiger partial charge < -0.3 is 34.1 Å². The molecule has 0 radical (unpaired) electrons. The van der Waals surface area contributed by atoms with Gasteiger partial charge in [-0.1, -0.05) is 45.9 Å². The molecule has 2 aromatic rings. The Kier molecular flexibility index (Phi) is 13.1. The molecule has 1 aliphatic carbocycles. The molecule has 2 N–H and O–H groups in total. The number of aliphatic hydroxyl groups excluding tert-OH is 1. The molecule has 5 aliphatic rings. The van der Waals surface area contributed by atoms with E-state index < -0.39 is 71.5 Å². The molecule has 7 rings (SSSR count). The molecule has 14 atom stereocenters. The first-order valence-electron chi connectivity index (χ1n) is 22.3. The highest BCUT2D eigenvalue weighted by Crippen LogP contribution is 2.48. The number of aryl methyl sites for hydroxylation is 1. The fraction of sp³-hybridized carbons (Fsp3) is 0.739. The van der Waals surface area contributed by atoms with E-state index in [2.05, 4.69) is 40.9 Å². The van der Waals surface area contributed by atoms with Crippen molar-refractivity contribution >= 4 is 28.7 Å². The third-order valence-electron chi connectivity index (χ3n) is 14.5. The van der Waals surface area contributed by atoms with Gasteiger partial charge in [0.1, 0.15) is 18.1 Å². The summed E-state index contributed by atoms with van der Waals surface area (Å²) < 4.78 is 25.6. The number of esters is 1. The molecule has 2 bridgehead atoms. The summed E-state index contributed by atoms with van der Waals surface area (Å²) in [5.41, 5.74) is -0.733. The van der Waals surface area contributed by atoms with Gasteiger partial charge in [0.2, 0.25) is 0 Å². The van der Waals surface area contributed by atoms with E-state index >= 15 is 0 Å². The number of amides is 1. The Morgan fingerprint density at radius 2 is 1.75 bits per heavy atom. The van der Waals surface area contributed by atoms with Crippen LogP contribution >= 0.6 is 0 Å². The molecular weight excluding hydrogens is 767 g/mol. The monoisotopic (exact) mass is 836 g/mol. The average molecular weight is 836 g/mol. The molecule has 4 aliphatic heterocycles. The van der Waals surface area contributed by atoms with Crippen molar-refractivity contribution in [3.63, 3.8) is 0 Å². The fourth-order valence-electron chi connectivity index (χ4n) is 11.4. The number of nitrogens with zero attached hydrogens (tertiary/aromatic N) is 5. The maximum absolute atomic E-state index is 14.4. The fourth-order valence-corrected chi connectivity index (χ4v) is 11.4. The van der Waals surface area contributed by atoms with Crippen molar-refractivity contribution < 1.29 is 43.5 Å². The first-order valence-corrected chi connectivity index (χ1v) is 22.3. The van der Waals surface area contributed by atoms with E-state index in [0.29, 0.717) is 26.1 Å². The van der Waals surface area contributed by atoms with Crippen molar-refractivity contribution in [1.29, 1.82) is 0 Å². The van der Waals surface area contributed by atoms with Crippen molar-refractivity contribution in [2.45, 2.75) is 166 Å². The first kappa shape index (κ1) is 44.8. The largest absolute Gasteiger partial charge is 0.458 e. The number of aromatic nitrogens is 1. The van der Waals surface area contributed by atoms with Crippen LogP contribution in [0.1, 0.15) is 99.5 Å². The SMILES string of the molecule is CC[C@H]1OC(=O)[C@H](C)C(=O)[C@H](C)[C@@H](O[C@@H]2O[C@H](C)C[C@H](N(C)C)[C@H]2O)[C@@](C)(O)C[C@@H](C)C2[C@H](C)[C@H]3N(C(=O)O[C@]13C)N(CCCc1ccnc3ccccc13)CN2C1CC1. The van der Waals surface area contributed by atoms with Crippen molar-refractivity contribution in [3.05, 3.63) is 42.1 Å². The van der Waals surface area contributed by atoms with E-state index in [-0.39, 0.29) is 42.5 Å². The Bertz CT molecular complexity index is 1870. The number of hydrogen-bond donors (Lipinski definition) is 2. The maximum atomic E-state index is 14.4. The van der Waals surface area contributed by atoms with Crippen molar-refractivity contribution in [3.8, 4) is 0 Å². The number of Topliss-reactive ketones (excluding diaryl/α,β-unsaturated/α-hetero) is 1. The predicted molar refractivity (Wildman–Crippen MR) is 225 cm³/mol. The predicted octanol–water partition coefficient (Wildman–Crippen LogP) is 5.17. The Morgan fingerprint density at radius 3 is 2.43 bits per heavy atom. The highest BCUT2D eigenvalue weighted by Gasteiger charge is 2.64. The third-order valence-corrected chi connectivity index (χ3v) is 14.5. The molecule has 1 saturated carbocycles. The summed E-state index contributed by atoms with van der Waals surface area (Å²) >= 11 is 0. The van der Waals surface area contributed by atoms with Gasteiger partial charge in [0.15, 0.2) is 17.7 Å². The van der Waals surface area contributed by atoms with E-state index in [0.717, 1.165) is 36.6 Å². The van der Waals surface area contributed by atoms with Crippen LogP contribution in [0.15, 0.2) is 36.5 Å². The standard InChI is InChI=1S/C46H69N5O9/c1-11-36-46(8)40-28(4)37(50(32-18-19-32)25-49(51(40)44(55)60-46)22-14-15-31-20-21-47-34-17-13-12-16-33(31)34)26(2)24-45(7,56)41(29(5)38(52)30(6)42(54)58-36)59-43-39(53)35(48(9)10)23-27(3)57-43/h12-13,16-17,20-21,26-30,32,35-37,39-41,43,53,56H,11,14-15,18-19,22-25H2,1-10H3/t26-,27-,28+,29+,30-,35+,36-,37?,39-,40-,41-,43+,45+,46-/m1/s1. The van der Waals surface area contributed by atoms with Crippen LogP contribution in [0.25, 0.3) is 10.9 Å². The maximum Gasteiger partial charge on any atom is 0.425 e. The number of hydrazine groups is 1. The molecule has 14 heteroatoms. The molecule has 4 saturated heterocycles. The second-order valence-electron chi connectivity index (χ2n) is 19.3. The number of ether oxygens (including phenoxy) is 4. The Hall–Kier alpha value is -3.24. The van der Waals surface area contributed by atoms with E-state index in [4.69, 9.17) is 18.9 Å². The molecule has 1 aromatic carbocycles. The molecule has 14 nitrogen and oxygen atoms in total. The Labute approximate surface area is 355 Å². The van der Waals surface area contributed by atoms with Gasteiger partial charge in [-0.05, 0) is 116 Å². The number of cyclic esters (lactones) is 1. The molecule has 1 unspecified atom stereocenters. The number of likely N-dealkylation sites (N-methyl/N-ethyl adjacent to an activating group) is 1. The molecule has 1 aromatic heterocycles. The topological polar surface area (TPSA) is 154 Å². The van der Waals surface area contributed by atoms with Gasteiger partial charge in [0.25, 0.3) is 0 Å². The highest BCUT2D eigenvalue weighted by atomic mass is 16.7. The summed E-state index contributed by atoms with van der Waals surface area (Å²) in [7, 11) is 3.79. The van der Waals surface area contributed by atoms with Crippen LogP contribution in [0.3, 0.4) is 0 Å². The summed E-state index contributed by atoms with van der Waals surface area (Å²) in [6, 6.07) is 9.51. The molecular formula is C46H69N5O9. The number of fused-ring (bicyclic) bond motifs is 2. The summed E-state index contributed by atoms with van der Waals surface area (Å²) in [6.07, 6.45) is 1.68. The zero-order chi connectivity index (χ0) is 43.4. The zero-order valence-electron chi connectivity index (χ0n) is 37.3. The smallest absolute Gasteiger partial charge is 0.425 e. The van der Waals surface area contributed by atoms with Gasteiger partial charge in [-0.15, -0.1) is 0 Å². The van der Waals surface area contributed by atoms with Gasteiger partial charge in [-0.2, -0.15) is 0 Å². The normalized spacial score (nSPS) is 40.0. The second-order valence-corrected chi connectivity index (χ2v) is 19.3. The Morgan fingerprint density at radius 1 is 1.03 bits per heavy atom. The lowest BCUT2D eigenvalue weighted by Crippen LogP contribution is -2.61.